The first-order valence-electron chi connectivity index (χ1n) is 5.70. The highest BCUT2D eigenvalue weighted by molar-refractivity contribution is 6.35. The number of rotatable bonds is 3. The summed E-state index contributed by atoms with van der Waals surface area (Å²) in [6.07, 6.45) is -0.803. The molecule has 3 amide bonds. The number of imide groups is 1. The SMILES string of the molecule is C[C@H](Oc1ccc(Cl)cc1Cl)C(=O)N1CCNC1=O. The van der Waals surface area contributed by atoms with Crippen LogP contribution in [0.25, 0.3) is 0 Å². The molecule has 1 aliphatic rings. The lowest BCUT2D eigenvalue weighted by atomic mass is 10.3. The predicted octanol–water partition coefficient (Wildman–Crippen LogP) is 2.31. The Balaban J connectivity index is 2.06. The molecule has 1 heterocycles. The van der Waals surface area contributed by atoms with Crippen LogP contribution in [0.2, 0.25) is 10.0 Å². The van der Waals surface area contributed by atoms with E-state index < -0.39 is 18.0 Å². The van der Waals surface area contributed by atoms with Crippen molar-refractivity contribution in [2.45, 2.75) is 13.0 Å². The molecule has 5 nitrogen and oxygen atoms in total. The molecule has 19 heavy (non-hydrogen) atoms. The molecular formula is C12H12Cl2N2O3. The minimum absolute atomic E-state index is 0.318. The standard InChI is InChI=1S/C12H12Cl2N2O3/c1-7(11(17)16-5-4-15-12(16)18)19-10-3-2-8(13)6-9(10)14/h2-3,6-7H,4-5H2,1H3,(H,15,18)/t7-/m0/s1. The van der Waals surface area contributed by atoms with Gasteiger partial charge in [0.05, 0.1) is 5.02 Å². The molecule has 1 aliphatic heterocycles. The quantitative estimate of drug-likeness (QED) is 0.932. The van der Waals surface area contributed by atoms with Crippen LogP contribution in [-0.4, -0.2) is 36.0 Å². The van der Waals surface area contributed by atoms with Crippen LogP contribution in [-0.2, 0) is 4.79 Å². The Morgan fingerprint density at radius 3 is 2.79 bits per heavy atom. The molecular weight excluding hydrogens is 291 g/mol. The van der Waals surface area contributed by atoms with Crippen molar-refractivity contribution in [3.8, 4) is 5.75 Å². The van der Waals surface area contributed by atoms with Crippen molar-refractivity contribution in [3.63, 3.8) is 0 Å². The number of urea groups is 1. The fraction of sp³-hybridized carbons (Fsp3) is 0.333. The Hall–Kier alpha value is -1.46. The summed E-state index contributed by atoms with van der Waals surface area (Å²) in [5.74, 6) is -0.0486. The fourth-order valence-electron chi connectivity index (χ4n) is 1.71. The fourth-order valence-corrected chi connectivity index (χ4v) is 2.17. The first-order valence-corrected chi connectivity index (χ1v) is 6.45. The minimum atomic E-state index is -0.803. The summed E-state index contributed by atoms with van der Waals surface area (Å²) < 4.78 is 5.46. The van der Waals surface area contributed by atoms with Crippen molar-refractivity contribution in [2.24, 2.45) is 0 Å². The summed E-state index contributed by atoms with van der Waals surface area (Å²) in [7, 11) is 0. The van der Waals surface area contributed by atoms with Gasteiger partial charge in [-0.1, -0.05) is 23.2 Å². The molecule has 1 saturated heterocycles. The van der Waals surface area contributed by atoms with Crippen molar-refractivity contribution in [1.82, 2.24) is 10.2 Å². The van der Waals surface area contributed by atoms with Crippen LogP contribution >= 0.6 is 23.2 Å². The third kappa shape index (κ3) is 3.11. The summed E-state index contributed by atoms with van der Waals surface area (Å²) in [5.41, 5.74) is 0. The zero-order valence-corrected chi connectivity index (χ0v) is 11.7. The number of nitrogens with one attached hydrogen (secondary N) is 1. The minimum Gasteiger partial charge on any atom is -0.479 e. The highest BCUT2D eigenvalue weighted by atomic mass is 35.5. The summed E-state index contributed by atoms with van der Waals surface area (Å²) in [4.78, 5) is 24.5. The van der Waals surface area contributed by atoms with Gasteiger partial charge in [0.15, 0.2) is 6.10 Å². The molecule has 0 unspecified atom stereocenters. The molecule has 1 atom stereocenters. The van der Waals surface area contributed by atoms with Crippen LogP contribution in [0.15, 0.2) is 18.2 Å². The maximum absolute atomic E-state index is 12.0. The van der Waals surface area contributed by atoms with Crippen LogP contribution < -0.4 is 10.1 Å². The summed E-state index contributed by atoms with van der Waals surface area (Å²) in [5, 5.41) is 3.35. The lowest BCUT2D eigenvalue weighted by Gasteiger charge is -2.19. The van der Waals surface area contributed by atoms with E-state index in [-0.39, 0.29) is 0 Å². The Labute approximate surface area is 120 Å². The second-order valence-electron chi connectivity index (χ2n) is 4.06. The van der Waals surface area contributed by atoms with E-state index in [0.717, 1.165) is 4.90 Å². The highest BCUT2D eigenvalue weighted by Gasteiger charge is 2.30. The van der Waals surface area contributed by atoms with Crippen molar-refractivity contribution in [1.29, 1.82) is 0 Å². The van der Waals surface area contributed by atoms with Gasteiger partial charge in [0.25, 0.3) is 5.91 Å². The lowest BCUT2D eigenvalue weighted by molar-refractivity contribution is -0.134. The van der Waals surface area contributed by atoms with E-state index in [2.05, 4.69) is 5.32 Å². The first kappa shape index (κ1) is 14.0. The Bertz CT molecular complexity index is 522. The second-order valence-corrected chi connectivity index (χ2v) is 4.90. The van der Waals surface area contributed by atoms with Crippen LogP contribution in [0.5, 0.6) is 5.75 Å². The molecule has 0 spiro atoms. The summed E-state index contributed by atoms with van der Waals surface area (Å²) in [6, 6.07) is 4.32. The molecule has 0 saturated carbocycles. The van der Waals surface area contributed by atoms with Gasteiger partial charge in [-0.3, -0.25) is 9.69 Å². The van der Waals surface area contributed by atoms with E-state index in [1.807, 2.05) is 0 Å². The maximum Gasteiger partial charge on any atom is 0.324 e. The largest absolute Gasteiger partial charge is 0.479 e. The Kier molecular flexibility index (Phi) is 4.17. The molecule has 1 fully saturated rings. The van der Waals surface area contributed by atoms with Crippen molar-refractivity contribution in [2.75, 3.05) is 13.1 Å². The van der Waals surface area contributed by atoms with E-state index in [0.29, 0.717) is 28.9 Å². The topological polar surface area (TPSA) is 58.6 Å². The van der Waals surface area contributed by atoms with Gasteiger partial charge in [0.1, 0.15) is 5.75 Å². The third-order valence-electron chi connectivity index (χ3n) is 2.67. The van der Waals surface area contributed by atoms with Crippen LogP contribution in [0, 0.1) is 0 Å². The molecule has 102 valence electrons. The highest BCUT2D eigenvalue weighted by Crippen LogP contribution is 2.28. The summed E-state index contributed by atoms with van der Waals surface area (Å²) >= 11 is 11.7. The molecule has 1 N–H and O–H groups in total. The summed E-state index contributed by atoms with van der Waals surface area (Å²) in [6.45, 7) is 2.37. The number of carbonyl (C=O) groups is 2. The van der Waals surface area contributed by atoms with Gasteiger partial charge in [-0.2, -0.15) is 0 Å². The number of amides is 3. The van der Waals surface area contributed by atoms with Crippen LogP contribution in [0.4, 0.5) is 4.79 Å². The number of nitrogens with zero attached hydrogens (tertiary/aromatic N) is 1. The van der Waals surface area contributed by atoms with E-state index in [1.165, 1.54) is 6.07 Å². The van der Waals surface area contributed by atoms with Gasteiger partial charge >= 0.3 is 6.03 Å². The van der Waals surface area contributed by atoms with Gasteiger partial charge in [0.2, 0.25) is 0 Å². The van der Waals surface area contributed by atoms with Crippen molar-refractivity contribution in [3.05, 3.63) is 28.2 Å². The van der Waals surface area contributed by atoms with E-state index >= 15 is 0 Å². The first-order chi connectivity index (χ1) is 8.99. The zero-order valence-electron chi connectivity index (χ0n) is 10.2. The third-order valence-corrected chi connectivity index (χ3v) is 3.20. The number of ether oxygens (including phenoxy) is 1. The predicted molar refractivity (Wildman–Crippen MR) is 71.7 cm³/mol. The number of benzene rings is 1. The molecule has 7 heteroatoms. The van der Waals surface area contributed by atoms with Crippen LogP contribution in [0.3, 0.4) is 0 Å². The number of hydrogen-bond donors (Lipinski definition) is 1. The van der Waals surface area contributed by atoms with E-state index in [4.69, 9.17) is 27.9 Å². The lowest BCUT2D eigenvalue weighted by Crippen LogP contribution is -2.42. The van der Waals surface area contributed by atoms with Gasteiger partial charge in [0, 0.05) is 18.1 Å². The van der Waals surface area contributed by atoms with Crippen molar-refractivity contribution >= 4 is 35.1 Å². The molecule has 0 aliphatic carbocycles. The van der Waals surface area contributed by atoms with E-state index in [1.54, 1.807) is 19.1 Å². The Morgan fingerprint density at radius 1 is 1.47 bits per heavy atom. The van der Waals surface area contributed by atoms with Gasteiger partial charge in [-0.15, -0.1) is 0 Å². The molecule has 1 aromatic rings. The smallest absolute Gasteiger partial charge is 0.324 e. The number of hydrogen-bond acceptors (Lipinski definition) is 3. The molecule has 0 radical (unpaired) electrons. The molecule has 2 rings (SSSR count). The molecule has 0 aromatic heterocycles. The van der Waals surface area contributed by atoms with Gasteiger partial charge in [-0.05, 0) is 25.1 Å². The average Bonchev–Trinajstić information content (AvgIpc) is 2.78. The van der Waals surface area contributed by atoms with E-state index in [9.17, 15) is 9.59 Å². The molecule has 0 bridgehead atoms. The normalized spacial score (nSPS) is 16.2. The maximum atomic E-state index is 12.0. The van der Waals surface area contributed by atoms with Gasteiger partial charge in [-0.25, -0.2) is 4.79 Å². The second kappa shape index (κ2) is 5.67. The number of carbonyl (C=O) groups excluding carboxylic acids is 2. The number of halogens is 2. The molecule has 1 aromatic carbocycles. The van der Waals surface area contributed by atoms with Crippen LogP contribution in [0.1, 0.15) is 6.92 Å². The van der Waals surface area contributed by atoms with Gasteiger partial charge < -0.3 is 10.1 Å². The monoisotopic (exact) mass is 302 g/mol. The van der Waals surface area contributed by atoms with Crippen molar-refractivity contribution < 1.29 is 14.3 Å². The Morgan fingerprint density at radius 2 is 2.21 bits per heavy atom. The average molecular weight is 303 g/mol. The zero-order chi connectivity index (χ0) is 14.0.